The van der Waals surface area contributed by atoms with Gasteiger partial charge in [0.25, 0.3) is 0 Å². The first-order valence-electron chi connectivity index (χ1n) is 6.68. The molecule has 1 saturated carbocycles. The molecule has 3 nitrogen and oxygen atoms in total. The van der Waals surface area contributed by atoms with Gasteiger partial charge in [0.05, 0.1) is 6.61 Å². The van der Waals surface area contributed by atoms with Crippen molar-refractivity contribution < 1.29 is 5.11 Å². The molecule has 1 aliphatic carbocycles. The van der Waals surface area contributed by atoms with Crippen LogP contribution in [0.15, 0.2) is 0 Å². The summed E-state index contributed by atoms with van der Waals surface area (Å²) >= 11 is 0. The van der Waals surface area contributed by atoms with Crippen LogP contribution in [0.5, 0.6) is 0 Å². The fraction of sp³-hybridized carbons (Fsp3) is 1.00. The second-order valence-corrected chi connectivity index (χ2v) is 5.55. The van der Waals surface area contributed by atoms with Gasteiger partial charge in [-0.3, -0.25) is 4.90 Å². The Morgan fingerprint density at radius 2 is 1.88 bits per heavy atom. The fourth-order valence-electron chi connectivity index (χ4n) is 2.81. The zero-order chi connectivity index (χ0) is 12.0. The maximum atomic E-state index is 9.10. The molecule has 0 radical (unpaired) electrons. The van der Waals surface area contributed by atoms with Crippen molar-refractivity contribution in [3.05, 3.63) is 0 Å². The Morgan fingerprint density at radius 3 is 2.31 bits per heavy atom. The van der Waals surface area contributed by atoms with E-state index in [9.17, 15) is 0 Å². The lowest BCUT2D eigenvalue weighted by Crippen LogP contribution is -2.47. The van der Waals surface area contributed by atoms with Gasteiger partial charge in [-0.05, 0) is 38.6 Å². The Hall–Kier alpha value is -0.120. The molecule has 3 N–H and O–H groups in total. The van der Waals surface area contributed by atoms with Crippen LogP contribution in [0, 0.1) is 5.41 Å². The summed E-state index contributed by atoms with van der Waals surface area (Å²) in [4.78, 5) is 2.37. The molecule has 3 heteroatoms. The summed E-state index contributed by atoms with van der Waals surface area (Å²) in [6.07, 6.45) is 6.53. The van der Waals surface area contributed by atoms with Gasteiger partial charge in [0.15, 0.2) is 0 Å². The second-order valence-electron chi connectivity index (χ2n) is 5.55. The normalized spacial score (nSPS) is 20.6. The lowest BCUT2D eigenvalue weighted by Gasteiger charge is -2.41. The van der Waals surface area contributed by atoms with Crippen LogP contribution in [0.4, 0.5) is 0 Å². The third-order valence-electron chi connectivity index (χ3n) is 4.00. The van der Waals surface area contributed by atoms with Gasteiger partial charge < -0.3 is 10.8 Å². The molecule has 0 atom stereocenters. The molecule has 1 rings (SSSR count). The van der Waals surface area contributed by atoms with E-state index in [1.807, 2.05) is 0 Å². The molecule has 0 aromatic carbocycles. The van der Waals surface area contributed by atoms with Crippen molar-refractivity contribution in [3.63, 3.8) is 0 Å². The molecule has 0 bridgehead atoms. The predicted molar refractivity (Wildman–Crippen MR) is 68.4 cm³/mol. The molecule has 1 aliphatic rings. The Kier molecular flexibility index (Phi) is 5.73. The zero-order valence-electron chi connectivity index (χ0n) is 10.9. The number of rotatable bonds is 6. The van der Waals surface area contributed by atoms with Crippen molar-refractivity contribution >= 4 is 0 Å². The van der Waals surface area contributed by atoms with E-state index in [2.05, 4.69) is 18.7 Å². The van der Waals surface area contributed by atoms with Crippen molar-refractivity contribution in [2.24, 2.45) is 11.1 Å². The van der Waals surface area contributed by atoms with Crippen LogP contribution in [0.3, 0.4) is 0 Å². The molecule has 0 aromatic heterocycles. The highest BCUT2D eigenvalue weighted by atomic mass is 16.3. The summed E-state index contributed by atoms with van der Waals surface area (Å²) in [6.45, 7) is 7.27. The van der Waals surface area contributed by atoms with Crippen LogP contribution in [-0.4, -0.2) is 42.3 Å². The lowest BCUT2D eigenvalue weighted by molar-refractivity contribution is 0.0763. The monoisotopic (exact) mass is 228 g/mol. The largest absolute Gasteiger partial charge is 0.395 e. The number of aliphatic hydroxyl groups is 1. The summed E-state index contributed by atoms with van der Waals surface area (Å²) < 4.78 is 0. The standard InChI is InChI=1S/C13H28N2O/c1-12(2)15(8-9-16)11-13(10-14)6-4-3-5-7-13/h12,16H,3-11,14H2,1-2H3. The minimum absolute atomic E-state index is 0.249. The fourth-order valence-corrected chi connectivity index (χ4v) is 2.81. The highest BCUT2D eigenvalue weighted by molar-refractivity contribution is 4.87. The van der Waals surface area contributed by atoms with Crippen molar-refractivity contribution in [3.8, 4) is 0 Å². The molecular formula is C13H28N2O. The first kappa shape index (κ1) is 13.9. The summed E-state index contributed by atoms with van der Waals surface area (Å²) in [7, 11) is 0. The highest BCUT2D eigenvalue weighted by Gasteiger charge is 2.32. The molecule has 1 fully saturated rings. The predicted octanol–water partition coefficient (Wildman–Crippen LogP) is 1.60. The van der Waals surface area contributed by atoms with E-state index in [1.165, 1.54) is 32.1 Å². The van der Waals surface area contributed by atoms with E-state index in [1.54, 1.807) is 0 Å². The summed E-state index contributed by atoms with van der Waals surface area (Å²) in [5.74, 6) is 0. The minimum Gasteiger partial charge on any atom is -0.395 e. The second kappa shape index (κ2) is 6.58. The highest BCUT2D eigenvalue weighted by Crippen LogP contribution is 2.36. The molecule has 96 valence electrons. The van der Waals surface area contributed by atoms with E-state index in [0.29, 0.717) is 11.5 Å². The number of hydrogen-bond acceptors (Lipinski definition) is 3. The van der Waals surface area contributed by atoms with Gasteiger partial charge >= 0.3 is 0 Å². The van der Waals surface area contributed by atoms with E-state index in [0.717, 1.165) is 19.6 Å². The average molecular weight is 228 g/mol. The number of nitrogens with zero attached hydrogens (tertiary/aromatic N) is 1. The van der Waals surface area contributed by atoms with Gasteiger partial charge in [-0.25, -0.2) is 0 Å². The lowest BCUT2D eigenvalue weighted by atomic mass is 9.73. The number of nitrogens with two attached hydrogens (primary N) is 1. The van der Waals surface area contributed by atoms with E-state index >= 15 is 0 Å². The quantitative estimate of drug-likeness (QED) is 0.726. The average Bonchev–Trinajstić information content (AvgIpc) is 2.29. The van der Waals surface area contributed by atoms with Crippen molar-refractivity contribution in [1.29, 1.82) is 0 Å². The van der Waals surface area contributed by atoms with Gasteiger partial charge in [0.2, 0.25) is 0 Å². The maximum absolute atomic E-state index is 9.10. The first-order valence-corrected chi connectivity index (χ1v) is 6.68. The van der Waals surface area contributed by atoms with Crippen molar-refractivity contribution in [1.82, 2.24) is 4.90 Å². The van der Waals surface area contributed by atoms with Crippen LogP contribution >= 0.6 is 0 Å². The zero-order valence-corrected chi connectivity index (χ0v) is 10.9. The van der Waals surface area contributed by atoms with Gasteiger partial charge in [0, 0.05) is 19.1 Å². The van der Waals surface area contributed by atoms with Crippen LogP contribution in [0.1, 0.15) is 46.0 Å². The van der Waals surface area contributed by atoms with Gasteiger partial charge in [-0.2, -0.15) is 0 Å². The van der Waals surface area contributed by atoms with Crippen LogP contribution in [-0.2, 0) is 0 Å². The Labute approximate surface area is 100 Å². The van der Waals surface area contributed by atoms with Crippen molar-refractivity contribution in [2.45, 2.75) is 52.0 Å². The summed E-state index contributed by atoms with van der Waals surface area (Å²) in [5.41, 5.74) is 6.31. The molecule has 16 heavy (non-hydrogen) atoms. The SMILES string of the molecule is CC(C)N(CCO)CC1(CN)CCCCC1. The number of hydrogen-bond donors (Lipinski definition) is 2. The third kappa shape index (κ3) is 3.72. The van der Waals surface area contributed by atoms with Crippen LogP contribution in [0.2, 0.25) is 0 Å². The Bertz CT molecular complexity index is 188. The molecule has 0 aromatic rings. The topological polar surface area (TPSA) is 49.5 Å². The molecular weight excluding hydrogens is 200 g/mol. The molecule has 0 spiro atoms. The van der Waals surface area contributed by atoms with E-state index in [4.69, 9.17) is 10.8 Å². The maximum Gasteiger partial charge on any atom is 0.0558 e. The smallest absolute Gasteiger partial charge is 0.0558 e. The molecule has 0 heterocycles. The van der Waals surface area contributed by atoms with Crippen LogP contribution < -0.4 is 5.73 Å². The van der Waals surface area contributed by atoms with Crippen molar-refractivity contribution in [2.75, 3.05) is 26.2 Å². The Balaban J connectivity index is 2.57. The molecule has 0 aliphatic heterocycles. The number of aliphatic hydroxyl groups excluding tert-OH is 1. The summed E-state index contributed by atoms with van der Waals surface area (Å²) in [5, 5.41) is 9.10. The van der Waals surface area contributed by atoms with E-state index in [-0.39, 0.29) is 6.61 Å². The van der Waals surface area contributed by atoms with Crippen LogP contribution in [0.25, 0.3) is 0 Å². The molecule has 0 unspecified atom stereocenters. The minimum atomic E-state index is 0.249. The third-order valence-corrected chi connectivity index (χ3v) is 4.00. The summed E-state index contributed by atoms with van der Waals surface area (Å²) in [6, 6.07) is 0.498. The molecule has 0 saturated heterocycles. The van der Waals surface area contributed by atoms with E-state index < -0.39 is 0 Å². The van der Waals surface area contributed by atoms with Gasteiger partial charge in [-0.1, -0.05) is 19.3 Å². The first-order chi connectivity index (χ1) is 7.63. The Morgan fingerprint density at radius 1 is 1.25 bits per heavy atom. The van der Waals surface area contributed by atoms with Gasteiger partial charge in [0.1, 0.15) is 0 Å². The van der Waals surface area contributed by atoms with Gasteiger partial charge in [-0.15, -0.1) is 0 Å². The molecule has 0 amide bonds.